The van der Waals surface area contributed by atoms with Gasteiger partial charge in [-0.05, 0) is 56.2 Å². The summed E-state index contributed by atoms with van der Waals surface area (Å²) in [6.07, 6.45) is 0.691. The van der Waals surface area contributed by atoms with Gasteiger partial charge in [-0.2, -0.15) is 0 Å². The summed E-state index contributed by atoms with van der Waals surface area (Å²) in [6, 6.07) is 18.1. The number of aliphatic carboxylic acids is 2. The average Bonchev–Trinajstić information content (AvgIpc) is 2.99. The minimum Gasteiger partial charge on any atom is -0.481 e. The van der Waals surface area contributed by atoms with Crippen LogP contribution in [0.3, 0.4) is 0 Å². The molecule has 230 valence electrons. The fraction of sp³-hybridized carbons (Fsp3) is 0.294. The largest absolute Gasteiger partial charge is 0.481 e. The predicted molar refractivity (Wildman–Crippen MR) is 165 cm³/mol. The minimum atomic E-state index is -1.12. The molecule has 10 heteroatoms. The lowest BCUT2D eigenvalue weighted by molar-refractivity contribution is -0.154. The van der Waals surface area contributed by atoms with Crippen molar-refractivity contribution in [2.24, 2.45) is 10.8 Å². The van der Waals surface area contributed by atoms with Crippen molar-refractivity contribution in [1.29, 1.82) is 0 Å². The van der Waals surface area contributed by atoms with Gasteiger partial charge in [0.1, 0.15) is 0 Å². The quantitative estimate of drug-likeness (QED) is 0.180. The third-order valence-electron chi connectivity index (χ3n) is 7.90. The van der Waals surface area contributed by atoms with Crippen molar-refractivity contribution >= 4 is 46.7 Å². The maximum atomic E-state index is 12.9. The number of carboxylic acid groups (broad SMARTS) is 2. The van der Waals surface area contributed by atoms with Gasteiger partial charge in [0.15, 0.2) is 11.6 Å². The number of fused-ring (bicyclic) bond motifs is 2. The lowest BCUT2D eigenvalue weighted by atomic mass is 9.84. The SMILES string of the molecule is CCC(C)(C)C(=O)Nc1cccc(C(=O)Nc2ccc3c(c2)C(=O)c2ccccc2C3=O)c1.CCC(C)(CC(=O)O)C(=O)O. The Morgan fingerprint density at radius 1 is 0.682 bits per heavy atom. The van der Waals surface area contributed by atoms with Crippen molar-refractivity contribution in [3.63, 3.8) is 0 Å². The van der Waals surface area contributed by atoms with E-state index in [9.17, 15) is 28.8 Å². The predicted octanol–water partition coefficient (Wildman–Crippen LogP) is 6.05. The van der Waals surface area contributed by atoms with E-state index in [2.05, 4.69) is 10.6 Å². The molecule has 1 aliphatic rings. The summed E-state index contributed by atoms with van der Waals surface area (Å²) in [7, 11) is 0. The van der Waals surface area contributed by atoms with Crippen LogP contribution >= 0.6 is 0 Å². The van der Waals surface area contributed by atoms with E-state index in [1.54, 1.807) is 67.6 Å². The molecule has 1 aliphatic carbocycles. The first kappa shape index (κ1) is 33.4. The number of ketones is 2. The Bertz CT molecular complexity index is 1640. The number of carbonyl (C=O) groups is 6. The average molecular weight is 601 g/mol. The molecule has 0 fully saturated rings. The number of nitrogens with one attached hydrogen (secondary N) is 2. The number of hydrogen-bond acceptors (Lipinski definition) is 6. The van der Waals surface area contributed by atoms with Crippen LogP contribution < -0.4 is 10.6 Å². The van der Waals surface area contributed by atoms with Crippen LogP contribution in [0.15, 0.2) is 66.7 Å². The van der Waals surface area contributed by atoms with Crippen molar-refractivity contribution in [3.05, 3.63) is 94.5 Å². The van der Waals surface area contributed by atoms with Gasteiger partial charge in [0.2, 0.25) is 5.91 Å². The van der Waals surface area contributed by atoms with E-state index < -0.39 is 28.7 Å². The molecule has 0 saturated heterocycles. The number of carbonyl (C=O) groups excluding carboxylic acids is 4. The number of hydrogen-bond donors (Lipinski definition) is 4. The number of amides is 2. The van der Waals surface area contributed by atoms with E-state index in [4.69, 9.17) is 10.2 Å². The molecule has 0 radical (unpaired) electrons. The van der Waals surface area contributed by atoms with Crippen molar-refractivity contribution in [1.82, 2.24) is 0 Å². The molecule has 0 saturated carbocycles. The summed E-state index contributed by atoms with van der Waals surface area (Å²) in [5.74, 6) is -3.10. The van der Waals surface area contributed by atoms with Crippen molar-refractivity contribution < 1.29 is 39.0 Å². The van der Waals surface area contributed by atoms with E-state index >= 15 is 0 Å². The highest BCUT2D eigenvalue weighted by Crippen LogP contribution is 2.30. The maximum Gasteiger partial charge on any atom is 0.309 e. The Hall–Kier alpha value is -5.12. The summed E-state index contributed by atoms with van der Waals surface area (Å²) in [5.41, 5.74) is 0.967. The van der Waals surface area contributed by atoms with Gasteiger partial charge in [0, 0.05) is 44.6 Å². The highest BCUT2D eigenvalue weighted by atomic mass is 16.4. The van der Waals surface area contributed by atoms with Gasteiger partial charge in [0.05, 0.1) is 11.8 Å². The lowest BCUT2D eigenvalue weighted by Gasteiger charge is -2.21. The van der Waals surface area contributed by atoms with E-state index in [1.165, 1.54) is 13.0 Å². The smallest absolute Gasteiger partial charge is 0.309 e. The monoisotopic (exact) mass is 600 g/mol. The molecule has 0 heterocycles. The number of anilines is 2. The molecule has 3 aromatic carbocycles. The van der Waals surface area contributed by atoms with Crippen LogP contribution in [0, 0.1) is 10.8 Å². The van der Waals surface area contributed by atoms with Crippen molar-refractivity contribution in [2.75, 3.05) is 10.6 Å². The Morgan fingerprint density at radius 3 is 1.77 bits per heavy atom. The molecule has 0 bridgehead atoms. The van der Waals surface area contributed by atoms with E-state index in [0.29, 0.717) is 46.5 Å². The molecule has 44 heavy (non-hydrogen) atoms. The van der Waals surface area contributed by atoms with E-state index in [-0.39, 0.29) is 29.5 Å². The van der Waals surface area contributed by atoms with Gasteiger partial charge >= 0.3 is 11.9 Å². The molecule has 0 aliphatic heterocycles. The Balaban J connectivity index is 0.000000411. The van der Waals surface area contributed by atoms with E-state index in [0.717, 1.165) is 0 Å². The van der Waals surface area contributed by atoms with Crippen molar-refractivity contribution in [2.45, 2.75) is 53.9 Å². The first-order chi connectivity index (χ1) is 20.6. The Kier molecular flexibility index (Phi) is 10.2. The molecule has 2 amide bonds. The highest BCUT2D eigenvalue weighted by Gasteiger charge is 2.33. The van der Waals surface area contributed by atoms with Gasteiger partial charge < -0.3 is 20.8 Å². The fourth-order valence-corrected chi connectivity index (χ4v) is 4.27. The van der Waals surface area contributed by atoms with Crippen LogP contribution in [0.4, 0.5) is 11.4 Å². The highest BCUT2D eigenvalue weighted by molar-refractivity contribution is 6.28. The van der Waals surface area contributed by atoms with Gasteiger partial charge in [-0.1, -0.05) is 58.0 Å². The summed E-state index contributed by atoms with van der Waals surface area (Å²) in [5, 5.41) is 22.6. The molecule has 4 rings (SSSR count). The summed E-state index contributed by atoms with van der Waals surface area (Å²) < 4.78 is 0. The van der Waals surface area contributed by atoms with Crippen LogP contribution in [-0.2, 0) is 14.4 Å². The molecule has 3 aromatic rings. The normalized spacial score (nSPS) is 13.3. The number of carboxylic acids is 2. The van der Waals surface area contributed by atoms with Crippen molar-refractivity contribution in [3.8, 4) is 0 Å². The zero-order chi connectivity index (χ0) is 32.8. The molecule has 1 atom stereocenters. The maximum absolute atomic E-state index is 12.9. The topological polar surface area (TPSA) is 167 Å². The van der Waals surface area contributed by atoms with Crippen LogP contribution in [0.5, 0.6) is 0 Å². The third kappa shape index (κ3) is 7.44. The number of rotatable bonds is 9. The summed E-state index contributed by atoms with van der Waals surface area (Å²) >= 11 is 0. The molecule has 0 spiro atoms. The van der Waals surface area contributed by atoms with Crippen LogP contribution in [-0.4, -0.2) is 45.5 Å². The summed E-state index contributed by atoms with van der Waals surface area (Å²) in [6.45, 7) is 8.76. The molecule has 1 unspecified atom stereocenters. The molecule has 10 nitrogen and oxygen atoms in total. The molecule has 4 N–H and O–H groups in total. The fourth-order valence-electron chi connectivity index (χ4n) is 4.27. The lowest BCUT2D eigenvalue weighted by Crippen LogP contribution is -2.30. The first-order valence-electron chi connectivity index (χ1n) is 14.1. The van der Waals surface area contributed by atoms with Gasteiger partial charge in [-0.3, -0.25) is 28.8 Å². The Morgan fingerprint density at radius 2 is 1.25 bits per heavy atom. The number of benzene rings is 3. The molecular formula is C34H36N2O8. The second-order valence-corrected chi connectivity index (χ2v) is 11.5. The minimum absolute atomic E-state index is 0.124. The second-order valence-electron chi connectivity index (χ2n) is 11.5. The Labute approximate surface area is 255 Å². The van der Waals surface area contributed by atoms with Gasteiger partial charge in [0.25, 0.3) is 5.91 Å². The first-order valence-corrected chi connectivity index (χ1v) is 14.1. The van der Waals surface area contributed by atoms with Gasteiger partial charge in [-0.25, -0.2) is 0 Å². The van der Waals surface area contributed by atoms with Crippen LogP contribution in [0.2, 0.25) is 0 Å². The zero-order valence-electron chi connectivity index (χ0n) is 25.3. The van der Waals surface area contributed by atoms with Crippen LogP contribution in [0.1, 0.15) is 96.1 Å². The summed E-state index contributed by atoms with van der Waals surface area (Å²) in [4.78, 5) is 71.7. The molecule has 0 aromatic heterocycles. The van der Waals surface area contributed by atoms with Crippen LogP contribution in [0.25, 0.3) is 0 Å². The standard InChI is InChI=1S/C27H24N2O4.C7H12O4/c1-4-27(2,3)26(33)29-17-9-7-8-16(14-17)25(32)28-18-12-13-21-22(15-18)24(31)20-11-6-5-10-19(20)23(21)30;1-3-7(2,6(10)11)4-5(8)9/h5-15H,4H2,1-3H3,(H,28,32)(H,29,33);3-4H2,1-2H3,(H,8,9)(H,10,11). The second kappa shape index (κ2) is 13.5. The third-order valence-corrected chi connectivity index (χ3v) is 7.90. The van der Waals surface area contributed by atoms with E-state index in [1.807, 2.05) is 20.8 Å². The van der Waals surface area contributed by atoms with Gasteiger partial charge in [-0.15, -0.1) is 0 Å². The molecular weight excluding hydrogens is 564 g/mol. The zero-order valence-corrected chi connectivity index (χ0v) is 25.3.